The molecule has 1 aromatic heterocycles. The van der Waals surface area contributed by atoms with Gasteiger partial charge in [0, 0.05) is 5.92 Å². The van der Waals surface area contributed by atoms with Gasteiger partial charge >= 0.3 is 5.97 Å². The number of carbonyl (C=O) groups is 1. The van der Waals surface area contributed by atoms with Gasteiger partial charge in [0.05, 0.1) is 13.5 Å². The lowest BCUT2D eigenvalue weighted by Gasteiger charge is -2.12. The number of nitrogens with zero attached hydrogens (tertiary/aromatic N) is 4. The predicted molar refractivity (Wildman–Crippen MR) is 53.2 cm³/mol. The Hall–Kier alpha value is -1.46. The van der Waals surface area contributed by atoms with Crippen molar-refractivity contribution in [1.82, 2.24) is 20.2 Å². The Kier molecular flexibility index (Phi) is 3.76. The molecular formula is C9H16N4O2. The van der Waals surface area contributed by atoms with E-state index in [-0.39, 0.29) is 12.3 Å². The summed E-state index contributed by atoms with van der Waals surface area (Å²) in [4.78, 5) is 12.0. The molecule has 1 N–H and O–H groups in total. The highest BCUT2D eigenvalue weighted by molar-refractivity contribution is 5.67. The molecule has 6 heteroatoms. The molecule has 0 radical (unpaired) electrons. The summed E-state index contributed by atoms with van der Waals surface area (Å²) in [6.07, 6.45) is 0.821. The first-order valence-electron chi connectivity index (χ1n) is 4.94. The maximum absolute atomic E-state index is 10.7. The van der Waals surface area contributed by atoms with E-state index in [1.165, 1.54) is 4.80 Å². The van der Waals surface area contributed by atoms with Gasteiger partial charge < -0.3 is 5.11 Å². The third kappa shape index (κ3) is 3.65. The molecule has 0 amide bonds. The van der Waals surface area contributed by atoms with Gasteiger partial charge in [-0.25, -0.2) is 0 Å². The molecule has 0 aromatic carbocycles. The van der Waals surface area contributed by atoms with Crippen molar-refractivity contribution >= 4 is 5.97 Å². The zero-order valence-corrected chi connectivity index (χ0v) is 9.21. The molecule has 0 aliphatic carbocycles. The summed E-state index contributed by atoms with van der Waals surface area (Å²) in [6.45, 7) is 4.09. The third-order valence-electron chi connectivity index (χ3n) is 2.07. The fourth-order valence-electron chi connectivity index (χ4n) is 1.52. The van der Waals surface area contributed by atoms with Gasteiger partial charge in [-0.05, 0) is 17.6 Å². The quantitative estimate of drug-likeness (QED) is 0.781. The van der Waals surface area contributed by atoms with Crippen molar-refractivity contribution in [3.8, 4) is 0 Å². The number of tetrazole rings is 1. The van der Waals surface area contributed by atoms with Gasteiger partial charge in [0.2, 0.25) is 0 Å². The average Bonchev–Trinajstić information content (AvgIpc) is 2.48. The minimum absolute atomic E-state index is 0.0594. The summed E-state index contributed by atoms with van der Waals surface area (Å²) in [5.74, 6) is -0.0314. The topological polar surface area (TPSA) is 80.9 Å². The van der Waals surface area contributed by atoms with Gasteiger partial charge in [0.15, 0.2) is 5.82 Å². The van der Waals surface area contributed by atoms with Crippen LogP contribution in [0.2, 0.25) is 0 Å². The van der Waals surface area contributed by atoms with E-state index < -0.39 is 5.97 Å². The van der Waals surface area contributed by atoms with E-state index in [1.807, 2.05) is 13.8 Å². The fourth-order valence-corrected chi connectivity index (χ4v) is 1.52. The number of carboxylic acids is 1. The summed E-state index contributed by atoms with van der Waals surface area (Å²) >= 11 is 0. The van der Waals surface area contributed by atoms with Crippen molar-refractivity contribution in [2.75, 3.05) is 0 Å². The zero-order valence-electron chi connectivity index (χ0n) is 9.21. The summed E-state index contributed by atoms with van der Waals surface area (Å²) < 4.78 is 0. The lowest BCUT2D eigenvalue weighted by Crippen LogP contribution is -2.11. The molecule has 0 aliphatic heterocycles. The molecule has 1 rings (SSSR count). The maximum atomic E-state index is 10.7. The zero-order chi connectivity index (χ0) is 11.4. The van der Waals surface area contributed by atoms with Crippen LogP contribution in [0.15, 0.2) is 0 Å². The highest BCUT2D eigenvalue weighted by Gasteiger charge is 2.21. The van der Waals surface area contributed by atoms with E-state index in [9.17, 15) is 4.79 Å². The normalized spacial score (nSPS) is 13.1. The maximum Gasteiger partial charge on any atom is 0.304 e. The van der Waals surface area contributed by atoms with Crippen molar-refractivity contribution < 1.29 is 9.90 Å². The van der Waals surface area contributed by atoms with E-state index in [0.717, 1.165) is 6.42 Å². The number of aliphatic carboxylic acids is 1. The van der Waals surface area contributed by atoms with Crippen LogP contribution < -0.4 is 0 Å². The van der Waals surface area contributed by atoms with Gasteiger partial charge in [0.1, 0.15) is 0 Å². The van der Waals surface area contributed by atoms with Crippen molar-refractivity contribution in [2.24, 2.45) is 13.0 Å². The minimum Gasteiger partial charge on any atom is -0.481 e. The fraction of sp³-hybridized carbons (Fsp3) is 0.778. The molecule has 0 spiro atoms. The molecular weight excluding hydrogens is 196 g/mol. The molecule has 1 aromatic rings. The van der Waals surface area contributed by atoms with E-state index >= 15 is 0 Å². The number of hydrogen-bond donors (Lipinski definition) is 1. The molecule has 0 saturated heterocycles. The summed E-state index contributed by atoms with van der Waals surface area (Å²) in [7, 11) is 1.67. The largest absolute Gasteiger partial charge is 0.481 e. The Bertz CT molecular complexity index is 335. The number of carboxylic acid groups (broad SMARTS) is 1. The third-order valence-corrected chi connectivity index (χ3v) is 2.07. The van der Waals surface area contributed by atoms with Crippen LogP contribution in [0.3, 0.4) is 0 Å². The van der Waals surface area contributed by atoms with Gasteiger partial charge in [0.25, 0.3) is 0 Å². The number of aromatic nitrogens is 4. The molecule has 1 heterocycles. The minimum atomic E-state index is -0.826. The van der Waals surface area contributed by atoms with Gasteiger partial charge in [-0.1, -0.05) is 13.8 Å². The molecule has 6 nitrogen and oxygen atoms in total. The van der Waals surface area contributed by atoms with Gasteiger partial charge in [-0.2, -0.15) is 4.80 Å². The Morgan fingerprint density at radius 3 is 2.60 bits per heavy atom. The lowest BCUT2D eigenvalue weighted by molar-refractivity contribution is -0.137. The van der Waals surface area contributed by atoms with Crippen molar-refractivity contribution in [2.45, 2.75) is 32.6 Å². The lowest BCUT2D eigenvalue weighted by atomic mass is 9.94. The van der Waals surface area contributed by atoms with Crippen LogP contribution >= 0.6 is 0 Å². The SMILES string of the molecule is CC(C)CC(CC(=O)O)c1nnn(C)n1. The molecule has 0 aliphatic rings. The van der Waals surface area contributed by atoms with E-state index in [2.05, 4.69) is 15.4 Å². The number of hydrogen-bond acceptors (Lipinski definition) is 4. The molecule has 1 unspecified atom stereocenters. The summed E-state index contributed by atoms with van der Waals surface area (Å²) in [5.41, 5.74) is 0. The first-order valence-corrected chi connectivity index (χ1v) is 4.94. The van der Waals surface area contributed by atoms with Crippen LogP contribution in [0.25, 0.3) is 0 Å². The van der Waals surface area contributed by atoms with Crippen LogP contribution in [0.4, 0.5) is 0 Å². The first-order chi connectivity index (χ1) is 6.99. The molecule has 0 bridgehead atoms. The average molecular weight is 212 g/mol. The van der Waals surface area contributed by atoms with E-state index in [0.29, 0.717) is 11.7 Å². The summed E-state index contributed by atoms with van der Waals surface area (Å²) in [5, 5.41) is 20.4. The second-order valence-electron chi connectivity index (χ2n) is 4.06. The van der Waals surface area contributed by atoms with Crippen molar-refractivity contribution in [1.29, 1.82) is 0 Å². The van der Waals surface area contributed by atoms with Crippen molar-refractivity contribution in [3.05, 3.63) is 5.82 Å². The van der Waals surface area contributed by atoms with Crippen LogP contribution in [0.1, 0.15) is 38.4 Å². The second-order valence-corrected chi connectivity index (χ2v) is 4.06. The molecule has 1 atom stereocenters. The standard InChI is InChI=1S/C9H16N4O2/c1-6(2)4-7(5-8(14)15)9-10-12-13(3)11-9/h6-7H,4-5H2,1-3H3,(H,14,15). The predicted octanol–water partition coefficient (Wildman–Crippen LogP) is 0.814. The van der Waals surface area contributed by atoms with Crippen LogP contribution in [0.5, 0.6) is 0 Å². The highest BCUT2D eigenvalue weighted by Crippen LogP contribution is 2.23. The van der Waals surface area contributed by atoms with Crippen LogP contribution in [0, 0.1) is 5.92 Å². The van der Waals surface area contributed by atoms with Gasteiger partial charge in [-0.3, -0.25) is 4.79 Å². The first kappa shape index (κ1) is 11.6. The Balaban J connectivity index is 2.75. The highest BCUT2D eigenvalue weighted by atomic mass is 16.4. The Labute approximate surface area is 88.3 Å². The van der Waals surface area contributed by atoms with Crippen LogP contribution in [-0.4, -0.2) is 31.3 Å². The smallest absolute Gasteiger partial charge is 0.304 e. The number of rotatable bonds is 5. The Morgan fingerprint density at radius 2 is 2.20 bits per heavy atom. The van der Waals surface area contributed by atoms with Crippen molar-refractivity contribution in [3.63, 3.8) is 0 Å². The summed E-state index contributed by atoms with van der Waals surface area (Å²) in [6, 6.07) is 0. The molecule has 15 heavy (non-hydrogen) atoms. The molecule has 0 saturated carbocycles. The Morgan fingerprint density at radius 1 is 1.53 bits per heavy atom. The monoisotopic (exact) mass is 212 g/mol. The molecule has 0 fully saturated rings. The van der Waals surface area contributed by atoms with E-state index in [1.54, 1.807) is 7.05 Å². The van der Waals surface area contributed by atoms with Crippen LogP contribution in [-0.2, 0) is 11.8 Å². The molecule has 84 valence electrons. The van der Waals surface area contributed by atoms with Gasteiger partial charge in [-0.15, -0.1) is 10.2 Å². The second kappa shape index (κ2) is 4.86. The van der Waals surface area contributed by atoms with E-state index in [4.69, 9.17) is 5.11 Å². The number of aryl methyl sites for hydroxylation is 1.